The molecule has 1 aromatic heterocycles. The van der Waals surface area contributed by atoms with Crippen molar-refractivity contribution in [1.29, 1.82) is 0 Å². The zero-order valence-corrected chi connectivity index (χ0v) is 20.6. The molecule has 180 valence electrons. The van der Waals surface area contributed by atoms with Gasteiger partial charge < -0.3 is 14.4 Å². The van der Waals surface area contributed by atoms with Gasteiger partial charge in [0.05, 0.1) is 12.9 Å². The molecule has 1 heterocycles. The van der Waals surface area contributed by atoms with E-state index in [4.69, 9.17) is 9.84 Å². The minimum absolute atomic E-state index is 0.218. The molecule has 0 bridgehead atoms. The highest BCUT2D eigenvalue weighted by molar-refractivity contribution is 5.82. The lowest BCUT2D eigenvalue weighted by Gasteiger charge is -2.61. The molecule has 4 fully saturated rings. The number of carbonyl (C=O) groups excluding carboxylic acids is 1. The Hall–Kier alpha value is -1.20. The van der Waals surface area contributed by atoms with Crippen molar-refractivity contribution in [3.05, 3.63) is 18.7 Å². The molecule has 4 aliphatic rings. The van der Waals surface area contributed by atoms with Crippen LogP contribution in [0.4, 0.5) is 0 Å². The van der Waals surface area contributed by atoms with Crippen LogP contribution >= 0.6 is 0 Å². The van der Waals surface area contributed by atoms with Gasteiger partial charge in [0.2, 0.25) is 0 Å². The highest BCUT2D eigenvalue weighted by Crippen LogP contribution is 2.67. The van der Waals surface area contributed by atoms with Crippen LogP contribution in [-0.4, -0.2) is 41.3 Å². The maximum absolute atomic E-state index is 13.3. The Morgan fingerprint density at radius 3 is 2.53 bits per heavy atom. The molecule has 4 saturated carbocycles. The number of methoxy groups -OCH3 is 1. The van der Waals surface area contributed by atoms with Crippen molar-refractivity contribution >= 4 is 5.78 Å². The molecule has 1 N–H and O–H groups in total. The van der Waals surface area contributed by atoms with E-state index in [1.165, 1.54) is 51.4 Å². The molecule has 0 aromatic carbocycles. The Morgan fingerprint density at radius 2 is 1.81 bits per heavy atom. The van der Waals surface area contributed by atoms with Crippen LogP contribution in [-0.2, 0) is 16.1 Å². The second-order valence-corrected chi connectivity index (χ2v) is 11.6. The zero-order chi connectivity index (χ0) is 22.9. The van der Waals surface area contributed by atoms with Gasteiger partial charge in [-0.25, -0.2) is 4.98 Å². The fraction of sp³-hybridized carbons (Fsp3) is 0.852. The summed E-state index contributed by atoms with van der Waals surface area (Å²) in [6.07, 6.45) is 17.4. The average molecular weight is 445 g/mol. The molecule has 4 aliphatic carbocycles. The van der Waals surface area contributed by atoms with Crippen LogP contribution < -0.4 is 0 Å². The molecular formula is C27H44N2O3. The summed E-state index contributed by atoms with van der Waals surface area (Å²) in [6.45, 7) is 6.56. The number of hydrogen-bond acceptors (Lipinski definition) is 4. The summed E-state index contributed by atoms with van der Waals surface area (Å²) in [5.74, 6) is 4.82. The van der Waals surface area contributed by atoms with Crippen molar-refractivity contribution in [3.63, 3.8) is 0 Å². The van der Waals surface area contributed by atoms with Gasteiger partial charge in [-0.2, -0.15) is 0 Å². The van der Waals surface area contributed by atoms with Crippen LogP contribution in [0.3, 0.4) is 0 Å². The predicted molar refractivity (Wildman–Crippen MR) is 126 cm³/mol. The fourth-order valence-electron chi connectivity index (χ4n) is 8.93. The molecule has 0 radical (unpaired) electrons. The van der Waals surface area contributed by atoms with E-state index in [1.807, 2.05) is 17.9 Å². The number of carbonyl (C=O) groups is 1. The number of hydrogen-bond donors (Lipinski definition) is 1. The third-order valence-electron chi connectivity index (χ3n) is 10.5. The van der Waals surface area contributed by atoms with E-state index in [2.05, 4.69) is 18.8 Å². The minimum atomic E-state index is 0.218. The van der Waals surface area contributed by atoms with E-state index in [1.54, 1.807) is 12.5 Å². The first-order valence-electron chi connectivity index (χ1n) is 12.9. The molecule has 8 unspecified atom stereocenters. The van der Waals surface area contributed by atoms with Crippen LogP contribution in [0.5, 0.6) is 0 Å². The van der Waals surface area contributed by atoms with Crippen LogP contribution in [0, 0.1) is 46.3 Å². The maximum Gasteiger partial charge on any atom is 0.156 e. The van der Waals surface area contributed by atoms with Gasteiger partial charge in [0.25, 0.3) is 0 Å². The molecule has 8 atom stereocenters. The molecular weight excluding hydrogens is 400 g/mol. The average Bonchev–Trinajstić information content (AvgIpc) is 3.42. The first kappa shape index (κ1) is 23.9. The van der Waals surface area contributed by atoms with E-state index in [9.17, 15) is 4.79 Å². The lowest BCUT2D eigenvalue weighted by Crippen LogP contribution is -2.54. The first-order chi connectivity index (χ1) is 15.5. The van der Waals surface area contributed by atoms with Gasteiger partial charge >= 0.3 is 0 Å². The Bertz CT molecular complexity index is 765. The second kappa shape index (κ2) is 9.58. The monoisotopic (exact) mass is 444 g/mol. The standard InChI is InChI=1S/C26H40N2O2.CH4O/c1-25-10-8-18(16-30-3)14-19(25)4-5-20-21-6-7-23(26(21,2)11-9-22(20)25)24(29)15-28-13-12-27-17-28;1-2/h12-13,17-23H,4-11,14-16H2,1-3H3;2H,1H3. The van der Waals surface area contributed by atoms with Crippen LogP contribution in [0.25, 0.3) is 0 Å². The molecule has 1 aromatic rings. The van der Waals surface area contributed by atoms with Gasteiger partial charge in [0.15, 0.2) is 5.78 Å². The van der Waals surface area contributed by atoms with Crippen LogP contribution in [0.2, 0.25) is 0 Å². The van der Waals surface area contributed by atoms with Gasteiger partial charge in [-0.3, -0.25) is 4.79 Å². The number of Topliss-reactive ketones (excluding diaryl/α,β-unsaturated/α-hetero) is 1. The summed E-state index contributed by atoms with van der Waals surface area (Å²) in [5.41, 5.74) is 0.739. The summed E-state index contributed by atoms with van der Waals surface area (Å²) in [5, 5.41) is 7.00. The molecule has 0 amide bonds. The summed E-state index contributed by atoms with van der Waals surface area (Å²) in [6, 6.07) is 0. The van der Waals surface area contributed by atoms with Crippen LogP contribution in [0.15, 0.2) is 18.7 Å². The third kappa shape index (κ3) is 3.98. The van der Waals surface area contributed by atoms with Gasteiger partial charge in [-0.05, 0) is 98.2 Å². The van der Waals surface area contributed by atoms with Gasteiger partial charge in [-0.1, -0.05) is 13.8 Å². The Balaban J connectivity index is 0.00000119. The summed E-state index contributed by atoms with van der Waals surface area (Å²) < 4.78 is 7.46. The Labute approximate surface area is 194 Å². The van der Waals surface area contributed by atoms with Gasteiger partial charge in [-0.15, -0.1) is 0 Å². The van der Waals surface area contributed by atoms with Gasteiger partial charge in [0.1, 0.15) is 0 Å². The van der Waals surface area contributed by atoms with Gasteiger partial charge in [0, 0.05) is 39.1 Å². The van der Waals surface area contributed by atoms with Crippen molar-refractivity contribution in [3.8, 4) is 0 Å². The van der Waals surface area contributed by atoms with Crippen molar-refractivity contribution in [2.75, 3.05) is 20.8 Å². The number of aromatic nitrogens is 2. The highest BCUT2D eigenvalue weighted by atomic mass is 16.5. The fourth-order valence-corrected chi connectivity index (χ4v) is 8.93. The number of ketones is 1. The third-order valence-corrected chi connectivity index (χ3v) is 10.5. The van der Waals surface area contributed by atoms with E-state index in [0.717, 1.165) is 49.7 Å². The number of rotatable bonds is 5. The van der Waals surface area contributed by atoms with E-state index >= 15 is 0 Å². The summed E-state index contributed by atoms with van der Waals surface area (Å²) in [4.78, 5) is 17.4. The molecule has 32 heavy (non-hydrogen) atoms. The number of imidazole rings is 1. The van der Waals surface area contributed by atoms with Crippen molar-refractivity contribution < 1.29 is 14.6 Å². The Morgan fingerprint density at radius 1 is 1.06 bits per heavy atom. The number of fused-ring (bicyclic) bond motifs is 5. The number of ether oxygens (including phenoxy) is 1. The second-order valence-electron chi connectivity index (χ2n) is 11.6. The normalized spacial score (nSPS) is 42.8. The summed E-state index contributed by atoms with van der Waals surface area (Å²) in [7, 11) is 2.86. The lowest BCUT2D eigenvalue weighted by molar-refractivity contribution is -0.138. The van der Waals surface area contributed by atoms with Crippen molar-refractivity contribution in [1.82, 2.24) is 9.55 Å². The molecule has 0 saturated heterocycles. The van der Waals surface area contributed by atoms with E-state index < -0.39 is 0 Å². The predicted octanol–water partition coefficient (Wildman–Crippen LogP) is 4.98. The number of aliphatic hydroxyl groups is 1. The summed E-state index contributed by atoms with van der Waals surface area (Å²) >= 11 is 0. The minimum Gasteiger partial charge on any atom is -0.400 e. The largest absolute Gasteiger partial charge is 0.400 e. The van der Waals surface area contributed by atoms with Crippen molar-refractivity contribution in [2.45, 2.75) is 78.2 Å². The first-order valence-corrected chi connectivity index (χ1v) is 12.9. The highest BCUT2D eigenvalue weighted by Gasteiger charge is 2.61. The molecule has 0 aliphatic heterocycles. The molecule has 5 heteroatoms. The zero-order valence-electron chi connectivity index (χ0n) is 20.6. The van der Waals surface area contributed by atoms with Crippen molar-refractivity contribution in [2.24, 2.45) is 46.3 Å². The smallest absolute Gasteiger partial charge is 0.156 e. The van der Waals surface area contributed by atoms with E-state index in [-0.39, 0.29) is 11.3 Å². The maximum atomic E-state index is 13.3. The lowest BCUT2D eigenvalue weighted by atomic mass is 9.44. The quantitative estimate of drug-likeness (QED) is 0.695. The molecule has 5 nitrogen and oxygen atoms in total. The number of aliphatic hydroxyl groups excluding tert-OH is 1. The molecule has 0 spiro atoms. The number of nitrogens with zero attached hydrogens (tertiary/aromatic N) is 2. The molecule has 5 rings (SSSR count). The Kier molecular flexibility index (Phi) is 7.17. The van der Waals surface area contributed by atoms with E-state index in [0.29, 0.717) is 17.7 Å². The SMILES string of the molecule is CO.COCC1CCC2(C)C(CCC3C2CCC2(C)C(C(=O)Cn4ccnc4)CCC32)C1. The van der Waals surface area contributed by atoms with Crippen LogP contribution in [0.1, 0.15) is 71.6 Å². The topological polar surface area (TPSA) is 64.3 Å².